The minimum Gasteiger partial charge on any atom is -0.493 e. The summed E-state index contributed by atoms with van der Waals surface area (Å²) >= 11 is 6.51. The van der Waals surface area contributed by atoms with Crippen molar-refractivity contribution in [2.75, 3.05) is 33.4 Å². The fourth-order valence-corrected chi connectivity index (χ4v) is 5.46. The highest BCUT2D eigenvalue weighted by Gasteiger charge is 2.38. The molecule has 3 atom stereocenters. The Bertz CT molecular complexity index is 891. The van der Waals surface area contributed by atoms with Gasteiger partial charge in [0.05, 0.1) is 18.3 Å². The van der Waals surface area contributed by atoms with Crippen LogP contribution in [0.15, 0.2) is 24.3 Å². The molecule has 0 heterocycles. The monoisotopic (exact) mass is 567 g/mol. The third-order valence-corrected chi connectivity index (χ3v) is 8.47. The zero-order chi connectivity index (χ0) is 29.0. The second-order valence-corrected chi connectivity index (χ2v) is 12.2. The SMILES string of the molecule is COCCCCOc1ccccc1C(=O)N(Cl)C[C@@H](C[C@H](N)[C@@H](O)CNC(=O)C(C)(C)C1CCCC1)C(C)C. The molecule has 39 heavy (non-hydrogen) atoms. The van der Waals surface area contributed by atoms with Crippen LogP contribution in [-0.4, -0.2) is 66.9 Å². The summed E-state index contributed by atoms with van der Waals surface area (Å²) in [6.07, 6.45) is 5.70. The molecule has 0 bridgehead atoms. The Hall–Kier alpha value is -1.87. The molecule has 0 aromatic heterocycles. The van der Waals surface area contributed by atoms with Gasteiger partial charge in [-0.3, -0.25) is 14.0 Å². The number of ether oxygens (including phenoxy) is 2. The first kappa shape index (κ1) is 33.3. The average molecular weight is 568 g/mol. The van der Waals surface area contributed by atoms with E-state index in [1.54, 1.807) is 25.3 Å². The van der Waals surface area contributed by atoms with E-state index >= 15 is 0 Å². The third-order valence-electron chi connectivity index (χ3n) is 8.18. The summed E-state index contributed by atoms with van der Waals surface area (Å²) in [6, 6.07) is 6.51. The van der Waals surface area contributed by atoms with E-state index in [0.29, 0.717) is 36.9 Å². The Morgan fingerprint density at radius 1 is 1.18 bits per heavy atom. The highest BCUT2D eigenvalue weighted by molar-refractivity contribution is 6.24. The van der Waals surface area contributed by atoms with Crippen LogP contribution in [0.4, 0.5) is 0 Å². The molecule has 0 saturated heterocycles. The molecule has 4 N–H and O–H groups in total. The van der Waals surface area contributed by atoms with Gasteiger partial charge in [-0.25, -0.2) is 0 Å². The van der Waals surface area contributed by atoms with E-state index in [1.165, 1.54) is 17.3 Å². The van der Waals surface area contributed by atoms with Gasteiger partial charge in [0.25, 0.3) is 5.91 Å². The Morgan fingerprint density at radius 3 is 2.46 bits per heavy atom. The van der Waals surface area contributed by atoms with Gasteiger partial charge >= 0.3 is 0 Å². The van der Waals surface area contributed by atoms with Gasteiger partial charge in [0.15, 0.2) is 0 Å². The van der Waals surface area contributed by atoms with Crippen LogP contribution in [0.2, 0.25) is 0 Å². The topological polar surface area (TPSA) is 114 Å². The Morgan fingerprint density at radius 2 is 1.82 bits per heavy atom. The highest BCUT2D eigenvalue weighted by Crippen LogP contribution is 2.39. The number of benzene rings is 1. The molecular weight excluding hydrogens is 518 g/mol. The maximum Gasteiger partial charge on any atom is 0.271 e. The van der Waals surface area contributed by atoms with Crippen molar-refractivity contribution in [3.8, 4) is 5.75 Å². The lowest BCUT2D eigenvalue weighted by atomic mass is 9.77. The van der Waals surface area contributed by atoms with Crippen molar-refractivity contribution in [3.05, 3.63) is 29.8 Å². The molecule has 1 aliphatic carbocycles. The quantitative estimate of drug-likeness (QED) is 0.184. The van der Waals surface area contributed by atoms with Gasteiger partial charge < -0.3 is 25.6 Å². The van der Waals surface area contributed by atoms with Gasteiger partial charge in [0.2, 0.25) is 5.91 Å². The van der Waals surface area contributed by atoms with Crippen LogP contribution >= 0.6 is 11.8 Å². The smallest absolute Gasteiger partial charge is 0.271 e. The van der Waals surface area contributed by atoms with Gasteiger partial charge in [-0.05, 0) is 62.0 Å². The van der Waals surface area contributed by atoms with Crippen LogP contribution in [0.5, 0.6) is 5.75 Å². The van der Waals surface area contributed by atoms with E-state index in [2.05, 4.69) is 5.32 Å². The molecule has 1 aromatic rings. The number of hydrogen-bond donors (Lipinski definition) is 3. The number of para-hydroxylation sites is 1. The lowest BCUT2D eigenvalue weighted by Crippen LogP contribution is -2.49. The van der Waals surface area contributed by atoms with Crippen LogP contribution < -0.4 is 15.8 Å². The van der Waals surface area contributed by atoms with Crippen molar-refractivity contribution < 1.29 is 24.2 Å². The molecule has 0 spiro atoms. The van der Waals surface area contributed by atoms with Crippen LogP contribution in [0.25, 0.3) is 0 Å². The Labute approximate surface area is 240 Å². The molecule has 0 aliphatic heterocycles. The highest BCUT2D eigenvalue weighted by atomic mass is 35.5. The molecular formula is C30H50ClN3O5. The molecule has 0 radical (unpaired) electrons. The number of rotatable bonds is 17. The summed E-state index contributed by atoms with van der Waals surface area (Å²) in [7, 11) is 1.66. The molecule has 0 unspecified atom stereocenters. The first-order valence-electron chi connectivity index (χ1n) is 14.4. The summed E-state index contributed by atoms with van der Waals surface area (Å²) in [5.41, 5.74) is 6.31. The Balaban J connectivity index is 1.92. The van der Waals surface area contributed by atoms with Crippen molar-refractivity contribution in [1.82, 2.24) is 9.74 Å². The number of aliphatic hydroxyl groups excluding tert-OH is 1. The predicted octanol–water partition coefficient (Wildman–Crippen LogP) is 4.77. The first-order chi connectivity index (χ1) is 18.5. The van der Waals surface area contributed by atoms with E-state index in [1.807, 2.05) is 33.8 Å². The van der Waals surface area contributed by atoms with Crippen molar-refractivity contribution >= 4 is 23.6 Å². The number of amides is 2. The zero-order valence-electron chi connectivity index (χ0n) is 24.5. The number of carbonyl (C=O) groups excluding carboxylic acids is 2. The summed E-state index contributed by atoms with van der Waals surface area (Å²) in [6.45, 7) is 9.56. The molecule has 2 rings (SSSR count). The molecule has 1 saturated carbocycles. The van der Waals surface area contributed by atoms with Crippen LogP contribution in [0, 0.1) is 23.2 Å². The normalized spacial score (nSPS) is 16.6. The van der Waals surface area contributed by atoms with E-state index < -0.39 is 17.6 Å². The summed E-state index contributed by atoms with van der Waals surface area (Å²) in [5, 5.41) is 13.7. The van der Waals surface area contributed by atoms with E-state index in [0.717, 1.165) is 25.7 Å². The molecule has 8 nitrogen and oxygen atoms in total. The van der Waals surface area contributed by atoms with Crippen molar-refractivity contribution in [2.45, 2.75) is 84.8 Å². The predicted molar refractivity (Wildman–Crippen MR) is 156 cm³/mol. The number of unbranched alkanes of at least 4 members (excludes halogenated alkanes) is 1. The number of nitrogens with two attached hydrogens (primary N) is 1. The first-order valence-corrected chi connectivity index (χ1v) is 14.7. The summed E-state index contributed by atoms with van der Waals surface area (Å²) in [4.78, 5) is 26.1. The molecule has 222 valence electrons. The maximum absolute atomic E-state index is 13.2. The minimum absolute atomic E-state index is 0.0434. The number of aliphatic hydroxyl groups is 1. The summed E-state index contributed by atoms with van der Waals surface area (Å²) < 4.78 is 12.1. The van der Waals surface area contributed by atoms with E-state index in [-0.39, 0.29) is 36.7 Å². The molecule has 1 aromatic carbocycles. The van der Waals surface area contributed by atoms with E-state index in [9.17, 15) is 14.7 Å². The number of methoxy groups -OCH3 is 1. The van der Waals surface area contributed by atoms with Gasteiger partial charge in [-0.2, -0.15) is 0 Å². The fraction of sp³-hybridized carbons (Fsp3) is 0.733. The van der Waals surface area contributed by atoms with Crippen LogP contribution in [0.1, 0.15) is 83.0 Å². The second kappa shape index (κ2) is 16.4. The second-order valence-electron chi connectivity index (χ2n) is 11.8. The lowest BCUT2D eigenvalue weighted by molar-refractivity contribution is -0.132. The van der Waals surface area contributed by atoms with E-state index in [4.69, 9.17) is 27.0 Å². The largest absolute Gasteiger partial charge is 0.493 e. The number of hydrogen-bond acceptors (Lipinski definition) is 6. The molecule has 1 aliphatic rings. The third kappa shape index (κ3) is 10.2. The standard InChI is InChI=1S/C30H50ClN3O5/c1-21(2)22(18-25(32)26(35)19-33-29(37)30(3,4)23-12-6-7-13-23)20-34(31)28(36)24-14-8-9-15-27(24)39-17-11-10-16-38-5/h8-9,14-15,21-23,25-26,35H,6-7,10-13,16-20,32H2,1-5H3,(H,33,37)/t22-,25+,26+/m1/s1. The molecule has 1 fully saturated rings. The van der Waals surface area contributed by atoms with Gasteiger partial charge in [-0.1, -0.05) is 52.7 Å². The van der Waals surface area contributed by atoms with Gasteiger partial charge in [-0.15, -0.1) is 0 Å². The van der Waals surface area contributed by atoms with Crippen molar-refractivity contribution in [2.24, 2.45) is 28.9 Å². The minimum atomic E-state index is -0.902. The summed E-state index contributed by atoms with van der Waals surface area (Å²) in [5.74, 6) is 0.593. The average Bonchev–Trinajstić information content (AvgIpc) is 3.46. The number of nitrogens with one attached hydrogen (secondary N) is 1. The lowest BCUT2D eigenvalue weighted by Gasteiger charge is -2.32. The zero-order valence-corrected chi connectivity index (χ0v) is 25.2. The number of halogens is 1. The maximum atomic E-state index is 13.2. The van der Waals surface area contributed by atoms with Crippen LogP contribution in [-0.2, 0) is 9.53 Å². The fourth-order valence-electron chi connectivity index (χ4n) is 5.19. The van der Waals surface area contributed by atoms with Crippen LogP contribution in [0.3, 0.4) is 0 Å². The number of carbonyl (C=O) groups is 2. The molecule has 2 amide bonds. The van der Waals surface area contributed by atoms with Crippen molar-refractivity contribution in [1.29, 1.82) is 0 Å². The van der Waals surface area contributed by atoms with Gasteiger partial charge in [0, 0.05) is 50.0 Å². The van der Waals surface area contributed by atoms with Crippen molar-refractivity contribution in [3.63, 3.8) is 0 Å². The molecule has 9 heteroatoms. The van der Waals surface area contributed by atoms with Gasteiger partial charge in [0.1, 0.15) is 5.75 Å². The Kier molecular flexibility index (Phi) is 14.0. The number of nitrogens with zero attached hydrogens (tertiary/aromatic N) is 1.